The average Bonchev–Trinajstić information content (AvgIpc) is 2.24. The molecule has 0 rings (SSSR count). The van der Waals surface area contributed by atoms with E-state index in [0.29, 0.717) is 13.1 Å². The summed E-state index contributed by atoms with van der Waals surface area (Å²) < 4.78 is 5.34. The minimum Gasteiger partial charge on any atom is -0.366 e. The number of hydrogen-bond acceptors (Lipinski definition) is 3. The Morgan fingerprint density at radius 1 is 1.11 bits per heavy atom. The summed E-state index contributed by atoms with van der Waals surface area (Å²) in [5.74, 6) is -0.0859. The van der Waals surface area contributed by atoms with Crippen LogP contribution in [0.5, 0.6) is 0 Å². The van der Waals surface area contributed by atoms with Gasteiger partial charge < -0.3 is 15.4 Å². The SMILES string of the molecule is CC(C)C(=O)NCCCNC(=O)COC(C)(C)C. The molecule has 0 aliphatic carbocycles. The van der Waals surface area contributed by atoms with Gasteiger partial charge in [0, 0.05) is 19.0 Å². The third kappa shape index (κ3) is 10.1. The van der Waals surface area contributed by atoms with E-state index in [9.17, 15) is 9.59 Å². The van der Waals surface area contributed by atoms with Crippen LogP contribution in [0.25, 0.3) is 0 Å². The van der Waals surface area contributed by atoms with E-state index >= 15 is 0 Å². The Balaban J connectivity index is 3.50. The van der Waals surface area contributed by atoms with Crippen LogP contribution >= 0.6 is 0 Å². The molecule has 0 heterocycles. The molecule has 0 aliphatic heterocycles. The fourth-order valence-electron chi connectivity index (χ4n) is 1.06. The van der Waals surface area contributed by atoms with Gasteiger partial charge in [0.2, 0.25) is 11.8 Å². The lowest BCUT2D eigenvalue weighted by atomic mass is 10.2. The van der Waals surface area contributed by atoms with Crippen molar-refractivity contribution < 1.29 is 14.3 Å². The van der Waals surface area contributed by atoms with Gasteiger partial charge in [-0.2, -0.15) is 0 Å². The highest BCUT2D eigenvalue weighted by Gasteiger charge is 2.12. The first-order valence-electron chi connectivity index (χ1n) is 6.41. The molecule has 0 aromatic carbocycles. The van der Waals surface area contributed by atoms with Crippen LogP contribution in [0.3, 0.4) is 0 Å². The highest BCUT2D eigenvalue weighted by Crippen LogP contribution is 2.05. The summed E-state index contributed by atoms with van der Waals surface area (Å²) in [7, 11) is 0. The Morgan fingerprint density at radius 2 is 1.67 bits per heavy atom. The number of rotatable bonds is 7. The number of amides is 2. The minimum absolute atomic E-state index is 0.000207. The molecule has 5 nitrogen and oxygen atoms in total. The smallest absolute Gasteiger partial charge is 0.246 e. The Morgan fingerprint density at radius 3 is 2.17 bits per heavy atom. The van der Waals surface area contributed by atoms with Crippen molar-refractivity contribution in [3.05, 3.63) is 0 Å². The lowest BCUT2D eigenvalue weighted by molar-refractivity contribution is -0.130. The molecule has 0 saturated carbocycles. The van der Waals surface area contributed by atoms with Crippen molar-refractivity contribution in [2.45, 2.75) is 46.6 Å². The van der Waals surface area contributed by atoms with Crippen molar-refractivity contribution in [2.75, 3.05) is 19.7 Å². The van der Waals surface area contributed by atoms with E-state index in [1.54, 1.807) is 0 Å². The molecule has 0 aromatic heterocycles. The van der Waals surface area contributed by atoms with Crippen molar-refractivity contribution >= 4 is 11.8 Å². The molecule has 0 bridgehead atoms. The topological polar surface area (TPSA) is 67.4 Å². The summed E-state index contributed by atoms with van der Waals surface area (Å²) in [6.07, 6.45) is 0.722. The second-order valence-corrected chi connectivity index (χ2v) is 5.55. The number of carbonyl (C=O) groups excluding carboxylic acids is 2. The molecule has 0 fully saturated rings. The predicted octanol–water partition coefficient (Wildman–Crippen LogP) is 1.08. The maximum atomic E-state index is 11.4. The van der Waals surface area contributed by atoms with Crippen LogP contribution < -0.4 is 10.6 Å². The molecule has 106 valence electrons. The van der Waals surface area contributed by atoms with E-state index in [-0.39, 0.29) is 29.9 Å². The van der Waals surface area contributed by atoms with Gasteiger partial charge in [-0.05, 0) is 27.2 Å². The van der Waals surface area contributed by atoms with Crippen molar-refractivity contribution in [1.29, 1.82) is 0 Å². The summed E-state index contributed by atoms with van der Waals surface area (Å²) in [6, 6.07) is 0. The Kier molecular flexibility index (Phi) is 7.59. The first-order valence-corrected chi connectivity index (χ1v) is 6.41. The second kappa shape index (κ2) is 8.08. The molecule has 2 amide bonds. The summed E-state index contributed by atoms with van der Waals surface area (Å²) in [4.78, 5) is 22.6. The van der Waals surface area contributed by atoms with Gasteiger partial charge in [-0.1, -0.05) is 13.8 Å². The number of hydrogen-bond donors (Lipinski definition) is 2. The van der Waals surface area contributed by atoms with Gasteiger partial charge in [0.25, 0.3) is 0 Å². The highest BCUT2D eigenvalue weighted by atomic mass is 16.5. The molecular weight excluding hydrogens is 232 g/mol. The molecule has 18 heavy (non-hydrogen) atoms. The monoisotopic (exact) mass is 258 g/mol. The number of ether oxygens (including phenoxy) is 1. The summed E-state index contributed by atoms with van der Waals surface area (Å²) >= 11 is 0. The Bertz CT molecular complexity index is 270. The summed E-state index contributed by atoms with van der Waals surface area (Å²) in [6.45, 7) is 10.6. The molecule has 0 unspecified atom stereocenters. The summed E-state index contributed by atoms with van der Waals surface area (Å²) in [5, 5.41) is 5.53. The lowest BCUT2D eigenvalue weighted by Crippen LogP contribution is -2.34. The van der Waals surface area contributed by atoms with Crippen LogP contribution in [0, 0.1) is 5.92 Å². The molecule has 0 spiro atoms. The molecule has 0 aliphatic rings. The molecule has 2 N–H and O–H groups in total. The van der Waals surface area contributed by atoms with E-state index in [1.807, 2.05) is 34.6 Å². The molecule has 0 radical (unpaired) electrons. The first-order chi connectivity index (χ1) is 8.22. The molecular formula is C13H26N2O3. The molecule has 5 heteroatoms. The van der Waals surface area contributed by atoms with Gasteiger partial charge in [-0.15, -0.1) is 0 Å². The van der Waals surface area contributed by atoms with Crippen LogP contribution in [0.15, 0.2) is 0 Å². The molecule has 0 saturated heterocycles. The Labute approximate surface area is 110 Å². The molecule has 0 aromatic rings. The van der Waals surface area contributed by atoms with Crippen molar-refractivity contribution in [3.63, 3.8) is 0 Å². The largest absolute Gasteiger partial charge is 0.366 e. The van der Waals surface area contributed by atoms with E-state index in [4.69, 9.17) is 4.74 Å². The number of nitrogens with one attached hydrogen (secondary N) is 2. The maximum absolute atomic E-state index is 11.4. The van der Waals surface area contributed by atoms with Crippen molar-refractivity contribution in [3.8, 4) is 0 Å². The van der Waals surface area contributed by atoms with E-state index in [1.165, 1.54) is 0 Å². The van der Waals surface area contributed by atoms with E-state index in [0.717, 1.165) is 6.42 Å². The molecule has 0 atom stereocenters. The average molecular weight is 258 g/mol. The fourth-order valence-corrected chi connectivity index (χ4v) is 1.06. The zero-order valence-electron chi connectivity index (χ0n) is 12.1. The van der Waals surface area contributed by atoms with Gasteiger partial charge in [0.1, 0.15) is 6.61 Å². The first kappa shape index (κ1) is 16.9. The highest BCUT2D eigenvalue weighted by molar-refractivity contribution is 5.78. The van der Waals surface area contributed by atoms with Crippen LogP contribution in [-0.4, -0.2) is 37.1 Å². The third-order valence-corrected chi connectivity index (χ3v) is 2.14. The minimum atomic E-state index is -0.303. The predicted molar refractivity (Wildman–Crippen MR) is 71.2 cm³/mol. The third-order valence-electron chi connectivity index (χ3n) is 2.14. The fraction of sp³-hybridized carbons (Fsp3) is 0.846. The van der Waals surface area contributed by atoms with Crippen LogP contribution in [0.2, 0.25) is 0 Å². The summed E-state index contributed by atoms with van der Waals surface area (Å²) in [5.41, 5.74) is -0.303. The van der Waals surface area contributed by atoms with Crippen molar-refractivity contribution in [2.24, 2.45) is 5.92 Å². The van der Waals surface area contributed by atoms with Gasteiger partial charge in [0.15, 0.2) is 0 Å². The number of carbonyl (C=O) groups is 2. The van der Waals surface area contributed by atoms with Gasteiger partial charge in [0.05, 0.1) is 5.60 Å². The van der Waals surface area contributed by atoms with Gasteiger partial charge in [-0.25, -0.2) is 0 Å². The zero-order chi connectivity index (χ0) is 14.2. The van der Waals surface area contributed by atoms with Crippen LogP contribution in [-0.2, 0) is 14.3 Å². The van der Waals surface area contributed by atoms with Gasteiger partial charge >= 0.3 is 0 Å². The Hall–Kier alpha value is -1.10. The lowest BCUT2D eigenvalue weighted by Gasteiger charge is -2.19. The quantitative estimate of drug-likeness (QED) is 0.671. The zero-order valence-corrected chi connectivity index (χ0v) is 12.1. The van der Waals surface area contributed by atoms with E-state index in [2.05, 4.69) is 10.6 Å². The van der Waals surface area contributed by atoms with E-state index < -0.39 is 0 Å². The van der Waals surface area contributed by atoms with Crippen LogP contribution in [0.1, 0.15) is 41.0 Å². The van der Waals surface area contributed by atoms with Crippen molar-refractivity contribution in [1.82, 2.24) is 10.6 Å². The standard InChI is InChI=1S/C13H26N2O3/c1-10(2)12(17)15-8-6-7-14-11(16)9-18-13(3,4)5/h10H,6-9H2,1-5H3,(H,14,16)(H,15,17). The van der Waals surface area contributed by atoms with Gasteiger partial charge in [-0.3, -0.25) is 9.59 Å². The normalized spacial score (nSPS) is 11.4. The second-order valence-electron chi connectivity index (χ2n) is 5.55. The maximum Gasteiger partial charge on any atom is 0.246 e. The van der Waals surface area contributed by atoms with Crippen LogP contribution in [0.4, 0.5) is 0 Å².